The van der Waals surface area contributed by atoms with Crippen LogP contribution in [0.25, 0.3) is 0 Å². The number of hydrogen-bond acceptors (Lipinski definition) is 5. The summed E-state index contributed by atoms with van der Waals surface area (Å²) in [5.41, 5.74) is 0.394. The molecule has 1 aliphatic rings. The molecule has 2 N–H and O–H groups in total. The van der Waals surface area contributed by atoms with Crippen LogP contribution in [0.5, 0.6) is 0 Å². The van der Waals surface area contributed by atoms with Gasteiger partial charge in [0.15, 0.2) is 9.84 Å². The van der Waals surface area contributed by atoms with Crippen molar-refractivity contribution in [1.82, 2.24) is 15.5 Å². The fraction of sp³-hybridized carbons (Fsp3) is 0.500. The smallest absolute Gasteiger partial charge is 0.251 e. The zero-order valence-corrected chi connectivity index (χ0v) is 16.0. The SMILES string of the molecule is CN(C)C(=O)CS(=O)(=O)c1ccc(C(=O)NCC2CCCN2)cc1.Cl. The second-order valence-electron chi connectivity index (χ2n) is 6.07. The lowest BCUT2D eigenvalue weighted by Gasteiger charge is -2.12. The Morgan fingerprint density at radius 2 is 1.88 bits per heavy atom. The van der Waals surface area contributed by atoms with Crippen molar-refractivity contribution >= 4 is 34.1 Å². The van der Waals surface area contributed by atoms with Crippen molar-refractivity contribution in [2.24, 2.45) is 0 Å². The first-order valence-corrected chi connectivity index (χ1v) is 9.49. The number of halogens is 1. The van der Waals surface area contributed by atoms with Gasteiger partial charge in [0.25, 0.3) is 5.91 Å². The van der Waals surface area contributed by atoms with E-state index in [1.807, 2.05) is 0 Å². The number of hydrogen-bond donors (Lipinski definition) is 2. The molecular formula is C16H24ClN3O4S. The van der Waals surface area contributed by atoms with E-state index in [4.69, 9.17) is 0 Å². The minimum atomic E-state index is -3.71. The summed E-state index contributed by atoms with van der Waals surface area (Å²) in [5, 5.41) is 6.12. The quantitative estimate of drug-likeness (QED) is 0.736. The van der Waals surface area contributed by atoms with Crippen molar-refractivity contribution in [1.29, 1.82) is 0 Å². The van der Waals surface area contributed by atoms with E-state index >= 15 is 0 Å². The van der Waals surface area contributed by atoms with E-state index in [2.05, 4.69) is 10.6 Å². The van der Waals surface area contributed by atoms with E-state index in [1.54, 1.807) is 0 Å². The molecule has 0 bridgehead atoms. The maximum absolute atomic E-state index is 12.2. The molecule has 0 spiro atoms. The molecule has 2 amide bonds. The molecule has 1 saturated heterocycles. The topological polar surface area (TPSA) is 95.6 Å². The predicted octanol–water partition coefficient (Wildman–Crippen LogP) is 0.452. The second-order valence-corrected chi connectivity index (χ2v) is 8.06. The third-order valence-corrected chi connectivity index (χ3v) is 5.58. The van der Waals surface area contributed by atoms with Crippen molar-refractivity contribution < 1.29 is 18.0 Å². The van der Waals surface area contributed by atoms with Gasteiger partial charge in [-0.3, -0.25) is 9.59 Å². The highest BCUT2D eigenvalue weighted by Gasteiger charge is 2.21. The first-order valence-electron chi connectivity index (χ1n) is 7.84. The summed E-state index contributed by atoms with van der Waals surface area (Å²) in [7, 11) is -0.696. The van der Waals surface area contributed by atoms with Gasteiger partial charge in [-0.05, 0) is 43.7 Å². The first-order chi connectivity index (χ1) is 11.3. The van der Waals surface area contributed by atoms with Gasteiger partial charge in [0, 0.05) is 32.2 Å². The van der Waals surface area contributed by atoms with Gasteiger partial charge in [0.1, 0.15) is 5.75 Å². The largest absolute Gasteiger partial charge is 0.350 e. The zero-order valence-electron chi connectivity index (χ0n) is 14.3. The molecule has 1 heterocycles. The van der Waals surface area contributed by atoms with E-state index in [1.165, 1.54) is 43.3 Å². The summed E-state index contributed by atoms with van der Waals surface area (Å²) in [6, 6.07) is 5.95. The highest BCUT2D eigenvalue weighted by molar-refractivity contribution is 7.92. The molecule has 1 aromatic carbocycles. The summed E-state index contributed by atoms with van der Waals surface area (Å²) < 4.78 is 24.3. The number of sulfone groups is 1. The van der Waals surface area contributed by atoms with Crippen LogP contribution >= 0.6 is 12.4 Å². The normalized spacial score (nSPS) is 16.8. The van der Waals surface area contributed by atoms with Crippen LogP contribution in [-0.2, 0) is 14.6 Å². The summed E-state index contributed by atoms with van der Waals surface area (Å²) >= 11 is 0. The minimum absolute atomic E-state index is 0. The molecule has 0 saturated carbocycles. The van der Waals surface area contributed by atoms with Crippen LogP contribution in [0.3, 0.4) is 0 Å². The standard InChI is InChI=1S/C16H23N3O4S.ClH/c1-19(2)15(20)11-24(22,23)14-7-5-12(6-8-14)16(21)18-10-13-4-3-9-17-13;/h5-8,13,17H,3-4,9-11H2,1-2H3,(H,18,21);1H. The van der Waals surface area contributed by atoms with Gasteiger partial charge in [-0.15, -0.1) is 12.4 Å². The van der Waals surface area contributed by atoms with Gasteiger partial charge >= 0.3 is 0 Å². The van der Waals surface area contributed by atoms with Crippen molar-refractivity contribution in [3.63, 3.8) is 0 Å². The number of carbonyl (C=O) groups is 2. The van der Waals surface area contributed by atoms with E-state index < -0.39 is 21.5 Å². The molecule has 7 nitrogen and oxygen atoms in total. The molecule has 1 aliphatic heterocycles. The molecule has 140 valence electrons. The van der Waals surface area contributed by atoms with Gasteiger partial charge in [0.2, 0.25) is 5.91 Å². The Balaban J connectivity index is 0.00000312. The molecule has 0 aliphatic carbocycles. The van der Waals surface area contributed by atoms with Gasteiger partial charge < -0.3 is 15.5 Å². The highest BCUT2D eigenvalue weighted by Crippen LogP contribution is 2.13. The van der Waals surface area contributed by atoms with E-state index in [0.717, 1.165) is 19.4 Å². The highest BCUT2D eigenvalue weighted by atomic mass is 35.5. The van der Waals surface area contributed by atoms with Crippen LogP contribution in [-0.4, -0.2) is 64.1 Å². The minimum Gasteiger partial charge on any atom is -0.350 e. The Bertz CT molecular complexity index is 699. The Labute approximate surface area is 154 Å². The molecule has 2 rings (SSSR count). The van der Waals surface area contributed by atoms with E-state index in [9.17, 15) is 18.0 Å². The zero-order chi connectivity index (χ0) is 17.7. The number of benzene rings is 1. The third kappa shape index (κ3) is 5.98. The molecule has 1 fully saturated rings. The Hall–Kier alpha value is -1.64. The third-order valence-electron chi connectivity index (χ3n) is 3.96. The summed E-state index contributed by atoms with van der Waals surface area (Å²) in [6.45, 7) is 1.52. The van der Waals surface area contributed by atoms with Crippen LogP contribution in [0, 0.1) is 0 Å². The number of nitrogens with zero attached hydrogens (tertiary/aromatic N) is 1. The van der Waals surface area contributed by atoms with Gasteiger partial charge in [0.05, 0.1) is 4.90 Å². The molecule has 1 aromatic rings. The number of carbonyl (C=O) groups excluding carboxylic acids is 2. The molecule has 1 unspecified atom stereocenters. The molecular weight excluding hydrogens is 366 g/mol. The monoisotopic (exact) mass is 389 g/mol. The van der Waals surface area contributed by atoms with E-state index in [-0.39, 0.29) is 23.2 Å². The van der Waals surface area contributed by atoms with Crippen molar-refractivity contribution in [2.75, 3.05) is 32.9 Å². The maximum atomic E-state index is 12.2. The Kier molecular flexibility index (Phi) is 7.85. The number of amides is 2. The lowest BCUT2D eigenvalue weighted by atomic mass is 10.2. The lowest BCUT2D eigenvalue weighted by Crippen LogP contribution is -2.37. The van der Waals surface area contributed by atoms with Gasteiger partial charge in [-0.25, -0.2) is 8.42 Å². The van der Waals surface area contributed by atoms with Gasteiger partial charge in [-0.2, -0.15) is 0 Å². The molecule has 1 atom stereocenters. The Morgan fingerprint density at radius 3 is 2.40 bits per heavy atom. The average Bonchev–Trinajstić information content (AvgIpc) is 3.05. The lowest BCUT2D eigenvalue weighted by molar-refractivity contribution is -0.125. The van der Waals surface area contributed by atoms with Gasteiger partial charge in [-0.1, -0.05) is 0 Å². The summed E-state index contributed by atoms with van der Waals surface area (Å²) in [6.07, 6.45) is 2.15. The van der Waals surface area contributed by atoms with Crippen molar-refractivity contribution in [3.05, 3.63) is 29.8 Å². The predicted molar refractivity (Wildman–Crippen MR) is 97.8 cm³/mol. The van der Waals surface area contributed by atoms with Crippen molar-refractivity contribution in [3.8, 4) is 0 Å². The average molecular weight is 390 g/mol. The fourth-order valence-corrected chi connectivity index (χ4v) is 3.74. The van der Waals surface area contributed by atoms with Crippen LogP contribution in [0.2, 0.25) is 0 Å². The fourth-order valence-electron chi connectivity index (χ4n) is 2.44. The van der Waals surface area contributed by atoms with E-state index in [0.29, 0.717) is 18.2 Å². The van der Waals surface area contributed by atoms with Crippen LogP contribution in [0.4, 0.5) is 0 Å². The van der Waals surface area contributed by atoms with Crippen LogP contribution < -0.4 is 10.6 Å². The molecule has 9 heteroatoms. The summed E-state index contributed by atoms with van der Waals surface area (Å²) in [4.78, 5) is 24.9. The molecule has 0 radical (unpaired) electrons. The maximum Gasteiger partial charge on any atom is 0.251 e. The summed E-state index contributed by atoms with van der Waals surface area (Å²) in [5.74, 6) is -1.31. The second kappa shape index (κ2) is 9.17. The van der Waals surface area contributed by atoms with Crippen LogP contribution in [0.15, 0.2) is 29.2 Å². The molecule has 25 heavy (non-hydrogen) atoms. The van der Waals surface area contributed by atoms with Crippen LogP contribution in [0.1, 0.15) is 23.2 Å². The molecule has 0 aromatic heterocycles. The number of rotatable bonds is 6. The Morgan fingerprint density at radius 1 is 1.24 bits per heavy atom. The number of nitrogens with one attached hydrogen (secondary N) is 2. The first kappa shape index (κ1) is 21.4. The van der Waals surface area contributed by atoms with Crippen molar-refractivity contribution in [2.45, 2.75) is 23.8 Å².